The summed E-state index contributed by atoms with van der Waals surface area (Å²) in [6.07, 6.45) is -1.91. The number of carbonyl (C=O) groups excluding carboxylic acids is 2. The van der Waals surface area contributed by atoms with Crippen LogP contribution in [0.3, 0.4) is 0 Å². The number of nitrogens with one attached hydrogen (secondary N) is 1. The Balaban J connectivity index is 1.96. The lowest BCUT2D eigenvalue weighted by Gasteiger charge is -2.28. The first-order valence-electron chi connectivity index (χ1n) is 8.02. The van der Waals surface area contributed by atoms with E-state index in [0.717, 1.165) is 6.29 Å². The van der Waals surface area contributed by atoms with E-state index in [1.54, 1.807) is 34.6 Å². The summed E-state index contributed by atoms with van der Waals surface area (Å²) in [5.74, 6) is -1.37. The van der Waals surface area contributed by atoms with Gasteiger partial charge in [-0.05, 0) is 34.6 Å². The van der Waals surface area contributed by atoms with Gasteiger partial charge >= 0.3 is 6.09 Å². The van der Waals surface area contributed by atoms with E-state index in [1.165, 1.54) is 7.11 Å². The largest absolute Gasteiger partial charge is 0.444 e. The lowest BCUT2D eigenvalue weighted by molar-refractivity contribution is -0.221. The molecule has 0 spiro atoms. The summed E-state index contributed by atoms with van der Waals surface area (Å²) in [4.78, 5) is 23.2. The van der Waals surface area contributed by atoms with Crippen LogP contribution in [0.15, 0.2) is 0 Å². The first kappa shape index (κ1) is 19.1. The standard InChI is InChI=1S/C16H27NO7/c1-15(2,3)24-14(19)17-7-9(8-18)10-11(20-6)12-13(21-10)23-16(4,5)22-12/h8-13H,7H2,1-6H3,(H,17,19)/t9?,10-,11+,12-,13-/m1/s1. The Morgan fingerprint density at radius 1 is 1.33 bits per heavy atom. The van der Waals surface area contributed by atoms with Crippen molar-refractivity contribution in [2.45, 2.75) is 70.6 Å². The number of ether oxygens (including phenoxy) is 5. The van der Waals surface area contributed by atoms with Crippen LogP contribution in [0.1, 0.15) is 34.6 Å². The van der Waals surface area contributed by atoms with E-state index < -0.39 is 48.0 Å². The summed E-state index contributed by atoms with van der Waals surface area (Å²) >= 11 is 0. The number of alkyl carbamates (subject to hydrolysis) is 1. The SMILES string of the molecule is CO[C@@H]1[C@H]2OC(C)(C)O[C@H]2O[C@@H]1C(C=O)CNC(=O)OC(C)(C)C. The maximum Gasteiger partial charge on any atom is 0.407 e. The quantitative estimate of drug-likeness (QED) is 0.749. The Morgan fingerprint density at radius 3 is 2.54 bits per heavy atom. The second-order valence-corrected chi connectivity index (χ2v) is 7.45. The van der Waals surface area contributed by atoms with Gasteiger partial charge in [-0.25, -0.2) is 4.79 Å². The fourth-order valence-electron chi connectivity index (χ4n) is 2.87. The summed E-state index contributed by atoms with van der Waals surface area (Å²) in [5.41, 5.74) is -0.607. The minimum atomic E-state index is -0.761. The lowest BCUT2D eigenvalue weighted by Crippen LogP contribution is -2.45. The summed E-state index contributed by atoms with van der Waals surface area (Å²) in [6, 6.07) is 0. The third-order valence-electron chi connectivity index (χ3n) is 3.78. The highest BCUT2D eigenvalue weighted by Crippen LogP contribution is 2.40. The molecule has 1 unspecified atom stereocenters. The smallest absolute Gasteiger partial charge is 0.407 e. The van der Waals surface area contributed by atoms with Crippen molar-refractivity contribution < 1.29 is 33.3 Å². The molecule has 8 heteroatoms. The van der Waals surface area contributed by atoms with Gasteiger partial charge in [0.2, 0.25) is 0 Å². The van der Waals surface area contributed by atoms with Gasteiger partial charge in [-0.3, -0.25) is 0 Å². The van der Waals surface area contributed by atoms with Crippen molar-refractivity contribution in [3.63, 3.8) is 0 Å². The number of methoxy groups -OCH3 is 1. The molecule has 0 aromatic heterocycles. The Hall–Kier alpha value is -1.22. The summed E-state index contributed by atoms with van der Waals surface area (Å²) in [5, 5.41) is 2.58. The first-order chi connectivity index (χ1) is 11.1. The van der Waals surface area contributed by atoms with Crippen LogP contribution in [-0.4, -0.2) is 62.0 Å². The third-order valence-corrected chi connectivity index (χ3v) is 3.78. The fourth-order valence-corrected chi connectivity index (χ4v) is 2.87. The van der Waals surface area contributed by atoms with Gasteiger partial charge in [0.15, 0.2) is 12.1 Å². The van der Waals surface area contributed by atoms with E-state index in [2.05, 4.69) is 5.32 Å². The second kappa shape index (κ2) is 6.95. The third kappa shape index (κ3) is 4.44. The van der Waals surface area contributed by atoms with Crippen molar-refractivity contribution >= 4 is 12.4 Å². The monoisotopic (exact) mass is 345 g/mol. The van der Waals surface area contributed by atoms with Crippen LogP contribution in [0.4, 0.5) is 4.79 Å². The van der Waals surface area contributed by atoms with E-state index >= 15 is 0 Å². The molecule has 0 bridgehead atoms. The number of aldehydes is 1. The maximum atomic E-state index is 11.8. The van der Waals surface area contributed by atoms with Crippen LogP contribution in [-0.2, 0) is 28.5 Å². The molecule has 2 aliphatic rings. The molecule has 24 heavy (non-hydrogen) atoms. The highest BCUT2D eigenvalue weighted by Gasteiger charge is 2.56. The summed E-state index contributed by atoms with van der Waals surface area (Å²) in [6.45, 7) is 8.95. The van der Waals surface area contributed by atoms with E-state index in [-0.39, 0.29) is 6.54 Å². The van der Waals surface area contributed by atoms with Crippen LogP contribution in [0, 0.1) is 5.92 Å². The van der Waals surface area contributed by atoms with Crippen LogP contribution in [0.5, 0.6) is 0 Å². The number of hydrogen-bond acceptors (Lipinski definition) is 7. The van der Waals surface area contributed by atoms with E-state index in [1.807, 2.05) is 0 Å². The number of hydrogen-bond donors (Lipinski definition) is 1. The average Bonchev–Trinajstić information content (AvgIpc) is 2.88. The van der Waals surface area contributed by atoms with Crippen molar-refractivity contribution in [3.05, 3.63) is 0 Å². The molecule has 2 rings (SSSR count). The van der Waals surface area contributed by atoms with Crippen LogP contribution in [0.2, 0.25) is 0 Å². The topological polar surface area (TPSA) is 92.3 Å². The number of rotatable bonds is 5. The highest BCUT2D eigenvalue weighted by molar-refractivity contribution is 5.68. The molecule has 0 saturated carbocycles. The van der Waals surface area contributed by atoms with Crippen molar-refractivity contribution in [2.24, 2.45) is 5.92 Å². The second-order valence-electron chi connectivity index (χ2n) is 7.45. The zero-order valence-corrected chi connectivity index (χ0v) is 15.0. The Labute approximate surface area is 142 Å². The van der Waals surface area contributed by atoms with Gasteiger partial charge in [0.1, 0.15) is 30.2 Å². The molecule has 0 aromatic carbocycles. The molecule has 0 radical (unpaired) electrons. The van der Waals surface area contributed by atoms with E-state index in [9.17, 15) is 9.59 Å². The van der Waals surface area contributed by atoms with Gasteiger partial charge in [0.25, 0.3) is 0 Å². The van der Waals surface area contributed by atoms with Gasteiger partial charge in [-0.1, -0.05) is 0 Å². The van der Waals surface area contributed by atoms with Gasteiger partial charge in [0, 0.05) is 13.7 Å². The lowest BCUT2D eigenvalue weighted by atomic mass is 9.98. The maximum absolute atomic E-state index is 11.8. The molecule has 5 atom stereocenters. The Morgan fingerprint density at radius 2 is 2.00 bits per heavy atom. The first-order valence-corrected chi connectivity index (χ1v) is 8.02. The molecule has 0 aromatic rings. The van der Waals surface area contributed by atoms with Crippen molar-refractivity contribution in [1.29, 1.82) is 0 Å². The predicted octanol–water partition coefficient (Wildman–Crippen LogP) is 1.22. The van der Waals surface area contributed by atoms with Crippen molar-refractivity contribution in [2.75, 3.05) is 13.7 Å². The molecular formula is C16H27NO7. The Kier molecular flexibility index (Phi) is 5.54. The molecule has 2 fully saturated rings. The molecule has 2 aliphatic heterocycles. The zero-order chi connectivity index (χ0) is 18.1. The zero-order valence-electron chi connectivity index (χ0n) is 15.0. The number of carbonyl (C=O) groups is 2. The highest BCUT2D eigenvalue weighted by atomic mass is 16.8. The minimum Gasteiger partial charge on any atom is -0.444 e. The molecule has 8 nitrogen and oxygen atoms in total. The molecule has 0 aliphatic carbocycles. The normalized spacial score (nSPS) is 32.9. The summed E-state index contributed by atoms with van der Waals surface area (Å²) < 4.78 is 27.9. The molecule has 1 amide bonds. The molecular weight excluding hydrogens is 318 g/mol. The van der Waals surface area contributed by atoms with Crippen molar-refractivity contribution in [3.8, 4) is 0 Å². The Bertz CT molecular complexity index is 474. The van der Waals surface area contributed by atoms with Gasteiger partial charge in [-0.2, -0.15) is 0 Å². The van der Waals surface area contributed by atoms with Gasteiger partial charge in [0.05, 0.1) is 5.92 Å². The number of amides is 1. The molecule has 138 valence electrons. The van der Waals surface area contributed by atoms with Crippen LogP contribution < -0.4 is 5.32 Å². The van der Waals surface area contributed by atoms with Crippen LogP contribution in [0.25, 0.3) is 0 Å². The number of fused-ring (bicyclic) bond motifs is 1. The predicted molar refractivity (Wildman–Crippen MR) is 83.3 cm³/mol. The van der Waals surface area contributed by atoms with Crippen molar-refractivity contribution in [1.82, 2.24) is 5.32 Å². The summed E-state index contributed by atoms with van der Waals surface area (Å²) in [7, 11) is 1.53. The van der Waals surface area contributed by atoms with Gasteiger partial charge in [-0.15, -0.1) is 0 Å². The van der Waals surface area contributed by atoms with Crippen LogP contribution >= 0.6 is 0 Å². The minimum absolute atomic E-state index is 0.0752. The van der Waals surface area contributed by atoms with E-state index in [0.29, 0.717) is 0 Å². The molecule has 2 saturated heterocycles. The average molecular weight is 345 g/mol. The molecule has 2 heterocycles. The van der Waals surface area contributed by atoms with E-state index in [4.69, 9.17) is 23.7 Å². The van der Waals surface area contributed by atoms with Gasteiger partial charge < -0.3 is 33.8 Å². The fraction of sp³-hybridized carbons (Fsp3) is 0.875. The molecule has 1 N–H and O–H groups in total.